The quantitative estimate of drug-likeness (QED) is 0.433. The van der Waals surface area contributed by atoms with E-state index in [0.717, 1.165) is 18.0 Å². The molecule has 1 unspecified atom stereocenters. The molecule has 0 aliphatic heterocycles. The first kappa shape index (κ1) is 22.7. The fourth-order valence-corrected chi connectivity index (χ4v) is 3.45. The maximum Gasteiger partial charge on any atom is 0.192 e. The topological polar surface area (TPSA) is 39.7 Å². The average Bonchev–Trinajstić information content (AvgIpc) is 2.54. The smallest absolute Gasteiger partial charge is 0.192 e. The van der Waals surface area contributed by atoms with E-state index >= 15 is 0 Å². The standard InChI is InChI=1S/C21H37NO3Si/c1-9-14-23-19-12-10-11-13-20(19)24-16-18(15-22-17(2)3)25-26(7,8)21(4,5)6/h9-13,17-18,22H,1,14-16H2,2-8H3. The summed E-state index contributed by atoms with van der Waals surface area (Å²) in [6.07, 6.45) is 1.72. The Bertz CT molecular complexity index is 552. The zero-order valence-corrected chi connectivity index (χ0v) is 18.6. The number of para-hydroxylation sites is 2. The molecule has 148 valence electrons. The molecule has 4 nitrogen and oxygen atoms in total. The van der Waals surface area contributed by atoms with Crippen molar-refractivity contribution in [1.82, 2.24) is 5.32 Å². The van der Waals surface area contributed by atoms with E-state index in [1.807, 2.05) is 24.3 Å². The number of nitrogens with one attached hydrogen (secondary N) is 1. The van der Waals surface area contributed by atoms with Crippen LogP contribution in [0.1, 0.15) is 34.6 Å². The van der Waals surface area contributed by atoms with E-state index in [0.29, 0.717) is 19.3 Å². The zero-order valence-electron chi connectivity index (χ0n) is 17.6. The zero-order chi connectivity index (χ0) is 19.8. The van der Waals surface area contributed by atoms with Crippen molar-refractivity contribution >= 4 is 8.32 Å². The number of benzene rings is 1. The summed E-state index contributed by atoms with van der Waals surface area (Å²) in [4.78, 5) is 0. The Morgan fingerprint density at radius 1 is 1.12 bits per heavy atom. The molecule has 0 bridgehead atoms. The maximum absolute atomic E-state index is 6.59. The molecule has 0 fully saturated rings. The number of ether oxygens (including phenoxy) is 2. The molecule has 0 aromatic heterocycles. The van der Waals surface area contributed by atoms with Gasteiger partial charge in [0.1, 0.15) is 13.2 Å². The van der Waals surface area contributed by atoms with E-state index in [2.05, 4.69) is 59.6 Å². The summed E-state index contributed by atoms with van der Waals surface area (Å²) in [5, 5.41) is 3.64. The summed E-state index contributed by atoms with van der Waals surface area (Å²) in [6, 6.07) is 8.14. The third-order valence-corrected chi connectivity index (χ3v) is 9.19. The van der Waals surface area contributed by atoms with Crippen LogP contribution in [-0.2, 0) is 4.43 Å². The third-order valence-electron chi connectivity index (χ3n) is 4.65. The van der Waals surface area contributed by atoms with E-state index in [-0.39, 0.29) is 11.1 Å². The molecule has 1 atom stereocenters. The molecule has 0 saturated heterocycles. The van der Waals surface area contributed by atoms with Crippen LogP contribution in [-0.4, -0.2) is 40.2 Å². The lowest BCUT2D eigenvalue weighted by atomic mass is 10.2. The molecular formula is C21H37NO3Si. The van der Waals surface area contributed by atoms with E-state index in [1.165, 1.54) is 0 Å². The van der Waals surface area contributed by atoms with Crippen molar-refractivity contribution in [1.29, 1.82) is 0 Å². The van der Waals surface area contributed by atoms with Crippen molar-refractivity contribution in [3.8, 4) is 11.5 Å². The van der Waals surface area contributed by atoms with Gasteiger partial charge in [-0.1, -0.05) is 59.4 Å². The highest BCUT2D eigenvalue weighted by atomic mass is 28.4. The molecule has 0 spiro atoms. The van der Waals surface area contributed by atoms with Crippen LogP contribution < -0.4 is 14.8 Å². The highest BCUT2D eigenvalue weighted by Gasteiger charge is 2.39. The second kappa shape index (κ2) is 10.1. The van der Waals surface area contributed by atoms with Crippen LogP contribution in [0.5, 0.6) is 11.5 Å². The van der Waals surface area contributed by atoms with Crippen molar-refractivity contribution < 1.29 is 13.9 Å². The van der Waals surface area contributed by atoms with Gasteiger partial charge in [0.15, 0.2) is 19.8 Å². The van der Waals surface area contributed by atoms with Crippen molar-refractivity contribution in [2.24, 2.45) is 0 Å². The van der Waals surface area contributed by atoms with E-state index < -0.39 is 8.32 Å². The Morgan fingerprint density at radius 2 is 1.69 bits per heavy atom. The van der Waals surface area contributed by atoms with Gasteiger partial charge in [-0.25, -0.2) is 0 Å². The number of hydrogen-bond acceptors (Lipinski definition) is 4. The molecule has 0 saturated carbocycles. The number of rotatable bonds is 11. The van der Waals surface area contributed by atoms with Crippen LogP contribution in [0.2, 0.25) is 18.1 Å². The van der Waals surface area contributed by atoms with Gasteiger partial charge in [-0.2, -0.15) is 0 Å². The largest absolute Gasteiger partial charge is 0.487 e. The summed E-state index contributed by atoms with van der Waals surface area (Å²) in [5.74, 6) is 1.47. The highest BCUT2D eigenvalue weighted by molar-refractivity contribution is 6.74. The molecule has 1 rings (SSSR count). The van der Waals surface area contributed by atoms with Crippen molar-refractivity contribution in [3.05, 3.63) is 36.9 Å². The second-order valence-electron chi connectivity index (χ2n) is 8.42. The van der Waals surface area contributed by atoms with Crippen LogP contribution in [0.15, 0.2) is 36.9 Å². The van der Waals surface area contributed by atoms with E-state index in [9.17, 15) is 0 Å². The Kier molecular flexibility index (Phi) is 8.87. The summed E-state index contributed by atoms with van der Waals surface area (Å²) >= 11 is 0. The molecule has 26 heavy (non-hydrogen) atoms. The minimum atomic E-state index is -1.88. The van der Waals surface area contributed by atoms with Gasteiger partial charge in [0.2, 0.25) is 0 Å². The SMILES string of the molecule is C=CCOc1ccccc1OCC(CNC(C)C)O[Si](C)(C)C(C)(C)C. The van der Waals surface area contributed by atoms with E-state index in [1.54, 1.807) is 6.08 Å². The minimum absolute atomic E-state index is 0.00856. The predicted octanol–water partition coefficient (Wildman–Crippen LogP) is 5.02. The maximum atomic E-state index is 6.59. The van der Waals surface area contributed by atoms with E-state index in [4.69, 9.17) is 13.9 Å². The molecule has 5 heteroatoms. The monoisotopic (exact) mass is 379 g/mol. The normalized spacial score (nSPS) is 13.5. The summed E-state index contributed by atoms with van der Waals surface area (Å²) in [5.41, 5.74) is 0. The average molecular weight is 380 g/mol. The molecule has 0 aliphatic rings. The van der Waals surface area contributed by atoms with Crippen LogP contribution in [0.25, 0.3) is 0 Å². The number of hydrogen-bond donors (Lipinski definition) is 1. The van der Waals surface area contributed by atoms with Gasteiger partial charge in [-0.05, 0) is 30.3 Å². The lowest BCUT2D eigenvalue weighted by molar-refractivity contribution is 0.110. The molecular weight excluding hydrogens is 342 g/mol. The van der Waals surface area contributed by atoms with Gasteiger partial charge in [-0.3, -0.25) is 0 Å². The molecule has 1 aromatic rings. The van der Waals surface area contributed by atoms with Crippen LogP contribution >= 0.6 is 0 Å². The van der Waals surface area contributed by atoms with Gasteiger partial charge in [0.25, 0.3) is 0 Å². The fraction of sp³-hybridized carbons (Fsp3) is 0.619. The Morgan fingerprint density at radius 3 is 2.19 bits per heavy atom. The Hall–Kier alpha value is -1.30. The summed E-state index contributed by atoms with van der Waals surface area (Å²) in [7, 11) is -1.88. The Balaban J connectivity index is 2.82. The van der Waals surface area contributed by atoms with Crippen LogP contribution in [0.4, 0.5) is 0 Å². The van der Waals surface area contributed by atoms with Gasteiger partial charge in [0.05, 0.1) is 6.10 Å². The molecule has 0 amide bonds. The van der Waals surface area contributed by atoms with Gasteiger partial charge < -0.3 is 19.2 Å². The van der Waals surface area contributed by atoms with Gasteiger partial charge in [0, 0.05) is 12.6 Å². The Labute approximate surface area is 161 Å². The molecule has 0 heterocycles. The van der Waals surface area contributed by atoms with Crippen LogP contribution in [0.3, 0.4) is 0 Å². The first-order valence-corrected chi connectivity index (χ1v) is 12.3. The molecule has 0 radical (unpaired) electrons. The van der Waals surface area contributed by atoms with Crippen molar-refractivity contribution in [3.63, 3.8) is 0 Å². The highest BCUT2D eigenvalue weighted by Crippen LogP contribution is 2.37. The lowest BCUT2D eigenvalue weighted by Crippen LogP contribution is -2.48. The van der Waals surface area contributed by atoms with Gasteiger partial charge in [-0.15, -0.1) is 0 Å². The summed E-state index contributed by atoms with van der Waals surface area (Å²) < 4.78 is 18.4. The summed E-state index contributed by atoms with van der Waals surface area (Å²) in [6.45, 7) is 21.0. The fourth-order valence-electron chi connectivity index (χ4n) is 2.12. The predicted molar refractivity (Wildman–Crippen MR) is 113 cm³/mol. The molecule has 1 N–H and O–H groups in total. The molecule has 1 aromatic carbocycles. The minimum Gasteiger partial charge on any atom is -0.487 e. The third kappa shape index (κ3) is 7.52. The second-order valence-corrected chi connectivity index (χ2v) is 13.2. The first-order valence-electron chi connectivity index (χ1n) is 9.43. The lowest BCUT2D eigenvalue weighted by Gasteiger charge is -2.39. The van der Waals surface area contributed by atoms with Crippen LogP contribution in [0, 0.1) is 0 Å². The van der Waals surface area contributed by atoms with Crippen molar-refractivity contribution in [2.75, 3.05) is 19.8 Å². The van der Waals surface area contributed by atoms with Crippen molar-refractivity contribution in [2.45, 2.75) is 64.9 Å². The molecule has 0 aliphatic carbocycles. The first-order chi connectivity index (χ1) is 12.1. The van der Waals surface area contributed by atoms with Gasteiger partial charge >= 0.3 is 0 Å².